The topological polar surface area (TPSA) is 142 Å². The number of hydrogen-bond acceptors (Lipinski definition) is 5. The summed E-state index contributed by atoms with van der Waals surface area (Å²) >= 11 is 0. The normalized spacial score (nSPS) is 12.6. The Morgan fingerprint density at radius 2 is 1.81 bits per heavy atom. The van der Waals surface area contributed by atoms with Crippen LogP contribution in [-0.4, -0.2) is 26.5 Å². The second kappa shape index (κ2) is 6.10. The van der Waals surface area contributed by atoms with Crippen molar-refractivity contribution < 1.29 is 22.7 Å². The van der Waals surface area contributed by atoms with Crippen molar-refractivity contribution in [3.8, 4) is 5.75 Å². The van der Waals surface area contributed by atoms with Crippen molar-refractivity contribution in [1.29, 1.82) is 0 Å². The van der Waals surface area contributed by atoms with Crippen molar-refractivity contribution >= 4 is 22.0 Å². The highest BCUT2D eigenvalue weighted by Crippen LogP contribution is 2.27. The van der Waals surface area contributed by atoms with Gasteiger partial charge in [0.05, 0.1) is 4.90 Å². The molecule has 1 rings (SSSR count). The number of benzene rings is 1. The number of primary amides is 1. The molecule has 0 saturated heterocycles. The number of hydrogen-bond donors (Lipinski definition) is 3. The second-order valence-electron chi connectivity index (χ2n) is 4.47. The fourth-order valence-electron chi connectivity index (χ4n) is 1.67. The van der Waals surface area contributed by atoms with Crippen LogP contribution in [0.3, 0.4) is 0 Å². The lowest BCUT2D eigenvalue weighted by atomic mass is 10.1. The van der Waals surface area contributed by atoms with E-state index >= 15 is 0 Å². The molecule has 0 heterocycles. The van der Waals surface area contributed by atoms with E-state index in [2.05, 4.69) is 0 Å². The molecule has 0 bridgehead atoms. The largest absolute Gasteiger partial charge is 0.481 e. The minimum absolute atomic E-state index is 0.0124. The average molecular weight is 315 g/mol. The van der Waals surface area contributed by atoms with Crippen LogP contribution < -0.4 is 20.9 Å². The van der Waals surface area contributed by atoms with Crippen molar-refractivity contribution in [2.45, 2.75) is 31.8 Å². The zero-order chi connectivity index (χ0) is 16.4. The van der Waals surface area contributed by atoms with Crippen LogP contribution >= 0.6 is 0 Å². The maximum Gasteiger partial charge on any atom is 0.318 e. The molecule has 0 aliphatic rings. The first-order valence-electron chi connectivity index (χ1n) is 5.94. The molecule has 5 N–H and O–H groups in total. The molecule has 0 radical (unpaired) electrons. The Balaban J connectivity index is 3.04. The highest BCUT2D eigenvalue weighted by Gasteiger charge is 2.20. The van der Waals surface area contributed by atoms with E-state index < -0.39 is 28.1 Å². The van der Waals surface area contributed by atoms with Crippen molar-refractivity contribution in [1.82, 2.24) is 5.32 Å². The third-order valence-electron chi connectivity index (χ3n) is 2.91. The van der Waals surface area contributed by atoms with E-state index in [-0.39, 0.29) is 4.90 Å². The molecule has 0 saturated carbocycles. The Labute approximate surface area is 122 Å². The highest BCUT2D eigenvalue weighted by atomic mass is 32.2. The van der Waals surface area contributed by atoms with E-state index in [1.807, 2.05) is 5.32 Å². The monoisotopic (exact) mass is 315 g/mol. The minimum atomic E-state index is -3.83. The van der Waals surface area contributed by atoms with Gasteiger partial charge in [0.2, 0.25) is 10.0 Å². The van der Waals surface area contributed by atoms with Crippen molar-refractivity contribution in [2.24, 2.45) is 10.9 Å². The zero-order valence-corrected chi connectivity index (χ0v) is 12.7. The lowest BCUT2D eigenvalue weighted by Crippen LogP contribution is -2.42. The first-order chi connectivity index (χ1) is 9.54. The lowest BCUT2D eigenvalue weighted by Gasteiger charge is -2.17. The molecule has 0 fully saturated rings. The summed E-state index contributed by atoms with van der Waals surface area (Å²) in [5.41, 5.74) is 5.80. The molecular formula is C12H17N3O5S. The number of urea groups is 1. The number of sulfonamides is 1. The van der Waals surface area contributed by atoms with Crippen LogP contribution in [0.5, 0.6) is 5.75 Å². The third kappa shape index (κ3) is 4.17. The molecule has 21 heavy (non-hydrogen) atoms. The summed E-state index contributed by atoms with van der Waals surface area (Å²) in [6, 6.07) is 1.72. The van der Waals surface area contributed by atoms with Crippen LogP contribution in [0.2, 0.25) is 0 Å². The predicted octanol–water partition coefficient (Wildman–Crippen LogP) is -0.0870. The first-order valence-corrected chi connectivity index (χ1v) is 7.48. The number of nitrogens with one attached hydrogen (secondary N) is 1. The molecule has 1 aromatic carbocycles. The van der Waals surface area contributed by atoms with E-state index in [1.54, 1.807) is 13.8 Å². The summed E-state index contributed by atoms with van der Waals surface area (Å²) in [6.45, 7) is 4.65. The van der Waals surface area contributed by atoms with Gasteiger partial charge in [-0.05, 0) is 44.0 Å². The summed E-state index contributed by atoms with van der Waals surface area (Å²) in [5, 5.41) is 6.99. The number of ether oxygens (including phenoxy) is 1. The maximum atomic E-state index is 11.5. The van der Waals surface area contributed by atoms with E-state index in [9.17, 15) is 18.0 Å². The number of imide groups is 1. The fraction of sp³-hybridized carbons (Fsp3) is 0.333. The van der Waals surface area contributed by atoms with Gasteiger partial charge in [-0.3, -0.25) is 10.1 Å². The molecule has 0 aliphatic carbocycles. The molecule has 9 heteroatoms. The molecule has 8 nitrogen and oxygen atoms in total. The molecule has 0 aromatic heterocycles. The summed E-state index contributed by atoms with van der Waals surface area (Å²) < 4.78 is 28.2. The van der Waals surface area contributed by atoms with Gasteiger partial charge in [-0.25, -0.2) is 18.4 Å². The van der Waals surface area contributed by atoms with Crippen LogP contribution in [-0.2, 0) is 14.8 Å². The van der Waals surface area contributed by atoms with Gasteiger partial charge in [0.1, 0.15) is 5.75 Å². The van der Waals surface area contributed by atoms with E-state index in [0.717, 1.165) is 0 Å². The number of carbonyl (C=O) groups excluding carboxylic acids is 2. The summed E-state index contributed by atoms with van der Waals surface area (Å²) in [7, 11) is -3.83. The molecule has 3 amide bonds. The van der Waals surface area contributed by atoms with Gasteiger partial charge >= 0.3 is 6.03 Å². The van der Waals surface area contributed by atoms with E-state index in [0.29, 0.717) is 16.9 Å². The predicted molar refractivity (Wildman–Crippen MR) is 75.1 cm³/mol. The Bertz CT molecular complexity index is 684. The number of rotatable bonds is 4. The van der Waals surface area contributed by atoms with Gasteiger partial charge in [-0.15, -0.1) is 0 Å². The summed E-state index contributed by atoms with van der Waals surface area (Å²) in [6.07, 6.45) is -0.976. The molecule has 1 atom stereocenters. The Kier molecular flexibility index (Phi) is 4.92. The molecular weight excluding hydrogens is 298 g/mol. The van der Waals surface area contributed by atoms with Crippen molar-refractivity contribution in [3.05, 3.63) is 23.3 Å². The SMILES string of the molecule is Cc1c(OC(C)C(=O)NC(N)=O)ccc(S(N)(=O)=O)c1C. The van der Waals surface area contributed by atoms with Gasteiger partial charge in [0.25, 0.3) is 5.91 Å². The number of nitrogens with two attached hydrogens (primary N) is 2. The minimum Gasteiger partial charge on any atom is -0.481 e. The summed E-state index contributed by atoms with van der Waals surface area (Å²) in [5.74, 6) is -0.387. The quantitative estimate of drug-likeness (QED) is 0.712. The molecule has 0 spiro atoms. The zero-order valence-electron chi connectivity index (χ0n) is 11.8. The van der Waals surface area contributed by atoms with Gasteiger partial charge in [0, 0.05) is 0 Å². The van der Waals surface area contributed by atoms with Crippen LogP contribution in [0, 0.1) is 13.8 Å². The second-order valence-corrected chi connectivity index (χ2v) is 6.00. The van der Waals surface area contributed by atoms with Gasteiger partial charge in [0.15, 0.2) is 6.10 Å². The van der Waals surface area contributed by atoms with Crippen LogP contribution in [0.1, 0.15) is 18.1 Å². The van der Waals surface area contributed by atoms with Gasteiger partial charge < -0.3 is 10.5 Å². The molecule has 1 unspecified atom stereocenters. The number of primary sulfonamides is 1. The first kappa shape index (κ1) is 16.9. The number of carbonyl (C=O) groups is 2. The Morgan fingerprint density at radius 1 is 1.24 bits per heavy atom. The van der Waals surface area contributed by atoms with Crippen LogP contribution in [0.15, 0.2) is 17.0 Å². The van der Waals surface area contributed by atoms with Crippen molar-refractivity contribution in [2.75, 3.05) is 0 Å². The van der Waals surface area contributed by atoms with E-state index in [4.69, 9.17) is 15.6 Å². The van der Waals surface area contributed by atoms with E-state index in [1.165, 1.54) is 19.1 Å². The Morgan fingerprint density at radius 3 is 2.29 bits per heavy atom. The van der Waals surface area contributed by atoms with Crippen LogP contribution in [0.4, 0.5) is 4.79 Å². The lowest BCUT2D eigenvalue weighted by molar-refractivity contribution is -0.126. The third-order valence-corrected chi connectivity index (χ3v) is 3.97. The molecule has 1 aromatic rings. The van der Waals surface area contributed by atoms with Crippen molar-refractivity contribution in [3.63, 3.8) is 0 Å². The van der Waals surface area contributed by atoms with Crippen LogP contribution in [0.25, 0.3) is 0 Å². The summed E-state index contributed by atoms with van der Waals surface area (Å²) in [4.78, 5) is 22.1. The Hall–Kier alpha value is -2.13. The van der Waals surface area contributed by atoms with Gasteiger partial charge in [-0.1, -0.05) is 0 Å². The smallest absolute Gasteiger partial charge is 0.318 e. The fourth-order valence-corrected chi connectivity index (χ4v) is 2.51. The highest BCUT2D eigenvalue weighted by molar-refractivity contribution is 7.89. The standard InChI is InChI=1S/C12H17N3O5S/c1-6-7(2)10(21(14,18)19)5-4-9(6)20-8(3)11(16)15-12(13)17/h4-5,8H,1-3H3,(H2,14,18,19)(H3,13,15,16,17). The number of amides is 3. The average Bonchev–Trinajstić information content (AvgIpc) is 2.32. The molecule has 0 aliphatic heterocycles. The van der Waals surface area contributed by atoms with Gasteiger partial charge in [-0.2, -0.15) is 0 Å². The molecule has 116 valence electrons. The maximum absolute atomic E-state index is 11.5.